The monoisotopic (exact) mass is 390 g/mol. The van der Waals surface area contributed by atoms with E-state index in [9.17, 15) is 28.8 Å². The molecule has 0 spiro atoms. The van der Waals surface area contributed by atoms with Crippen molar-refractivity contribution in [2.45, 2.75) is 58.5 Å². The first-order valence-corrected chi connectivity index (χ1v) is 9.11. The van der Waals surface area contributed by atoms with Gasteiger partial charge in [0.05, 0.1) is 0 Å². The molecule has 0 saturated carbocycles. The predicted molar refractivity (Wildman–Crippen MR) is 96.5 cm³/mol. The van der Waals surface area contributed by atoms with E-state index in [1.807, 2.05) is 0 Å². The van der Waals surface area contributed by atoms with Gasteiger partial charge in [0.2, 0.25) is 23.6 Å². The standard InChI is InChI=1S/C17H31FN4O5/c1-13(23)21-12-15(18)8-10-20-17(26)7-6-16(25)19-9-4-3-5-11-22(27)14(2)24/h15,27H,3-12H2,1-2H3,(H,19,25)(H,20,26)(H,21,23). The highest BCUT2D eigenvalue weighted by Gasteiger charge is 2.10. The van der Waals surface area contributed by atoms with Crippen molar-refractivity contribution in [1.29, 1.82) is 0 Å². The third-order valence-electron chi connectivity index (χ3n) is 3.66. The lowest BCUT2D eigenvalue weighted by molar-refractivity contribution is -0.162. The van der Waals surface area contributed by atoms with Crippen LogP contribution < -0.4 is 16.0 Å². The Kier molecular flexibility index (Phi) is 13.7. The largest absolute Gasteiger partial charge is 0.356 e. The molecule has 0 bridgehead atoms. The second kappa shape index (κ2) is 14.9. The molecule has 0 aromatic carbocycles. The zero-order chi connectivity index (χ0) is 20.7. The molecule has 0 fully saturated rings. The molecule has 4 N–H and O–H groups in total. The van der Waals surface area contributed by atoms with Gasteiger partial charge in [-0.3, -0.25) is 24.4 Å². The van der Waals surface area contributed by atoms with Gasteiger partial charge in [-0.2, -0.15) is 0 Å². The maximum absolute atomic E-state index is 13.4. The number of hydroxylamine groups is 2. The highest BCUT2D eigenvalue weighted by atomic mass is 19.1. The summed E-state index contributed by atoms with van der Waals surface area (Å²) in [7, 11) is 0. The fraction of sp³-hybridized carbons (Fsp3) is 0.765. The number of halogens is 1. The summed E-state index contributed by atoms with van der Waals surface area (Å²) in [6, 6.07) is 0. The van der Waals surface area contributed by atoms with Crippen molar-refractivity contribution >= 4 is 23.6 Å². The van der Waals surface area contributed by atoms with Crippen molar-refractivity contribution in [2.24, 2.45) is 0 Å². The van der Waals surface area contributed by atoms with Gasteiger partial charge in [0.15, 0.2) is 0 Å². The van der Waals surface area contributed by atoms with E-state index in [2.05, 4.69) is 16.0 Å². The Morgan fingerprint density at radius 3 is 2.07 bits per heavy atom. The van der Waals surface area contributed by atoms with E-state index in [1.165, 1.54) is 13.8 Å². The van der Waals surface area contributed by atoms with Gasteiger partial charge < -0.3 is 16.0 Å². The van der Waals surface area contributed by atoms with Crippen LogP contribution in [0.4, 0.5) is 4.39 Å². The third-order valence-corrected chi connectivity index (χ3v) is 3.66. The summed E-state index contributed by atoms with van der Waals surface area (Å²) in [5.74, 6) is -1.29. The van der Waals surface area contributed by atoms with Crippen LogP contribution in [0.15, 0.2) is 0 Å². The summed E-state index contributed by atoms with van der Waals surface area (Å²) in [6.07, 6.45) is 1.01. The minimum Gasteiger partial charge on any atom is -0.356 e. The van der Waals surface area contributed by atoms with Gasteiger partial charge in [-0.05, 0) is 25.7 Å². The molecule has 4 amide bonds. The van der Waals surface area contributed by atoms with Crippen LogP contribution in [0, 0.1) is 0 Å². The summed E-state index contributed by atoms with van der Waals surface area (Å²) >= 11 is 0. The van der Waals surface area contributed by atoms with Gasteiger partial charge in [-0.15, -0.1) is 0 Å². The molecule has 0 aliphatic heterocycles. The summed E-state index contributed by atoms with van der Waals surface area (Å²) in [5.41, 5.74) is 0. The molecule has 0 aliphatic carbocycles. The van der Waals surface area contributed by atoms with Crippen molar-refractivity contribution in [3.8, 4) is 0 Å². The number of rotatable bonds is 14. The Labute approximate surface area is 159 Å². The van der Waals surface area contributed by atoms with Gasteiger partial charge in [0, 0.05) is 52.9 Å². The zero-order valence-corrected chi connectivity index (χ0v) is 16.1. The van der Waals surface area contributed by atoms with Crippen LogP contribution in [-0.2, 0) is 19.2 Å². The number of hydrogen-bond donors (Lipinski definition) is 4. The lowest BCUT2D eigenvalue weighted by Crippen LogP contribution is -2.32. The quantitative estimate of drug-likeness (QED) is 0.192. The fourth-order valence-electron chi connectivity index (χ4n) is 2.08. The molecule has 0 heterocycles. The number of hydrogen-bond acceptors (Lipinski definition) is 5. The number of nitrogens with one attached hydrogen (secondary N) is 3. The van der Waals surface area contributed by atoms with E-state index in [4.69, 9.17) is 0 Å². The van der Waals surface area contributed by atoms with E-state index in [0.717, 1.165) is 6.42 Å². The first kappa shape index (κ1) is 24.8. The highest BCUT2D eigenvalue weighted by Crippen LogP contribution is 1.98. The zero-order valence-electron chi connectivity index (χ0n) is 16.1. The molecule has 10 heteroatoms. The van der Waals surface area contributed by atoms with Gasteiger partial charge in [-0.25, -0.2) is 9.45 Å². The number of unbranched alkanes of at least 4 members (excludes halogenated alkanes) is 2. The molecule has 0 aromatic heterocycles. The van der Waals surface area contributed by atoms with Crippen molar-refractivity contribution in [3.63, 3.8) is 0 Å². The second-order valence-electron chi connectivity index (χ2n) is 6.23. The van der Waals surface area contributed by atoms with Crippen molar-refractivity contribution in [2.75, 3.05) is 26.2 Å². The average Bonchev–Trinajstić information content (AvgIpc) is 2.60. The minimum absolute atomic E-state index is 0.0204. The Hall–Kier alpha value is -2.23. The van der Waals surface area contributed by atoms with Crippen molar-refractivity contribution < 1.29 is 28.8 Å². The highest BCUT2D eigenvalue weighted by molar-refractivity contribution is 5.83. The van der Waals surface area contributed by atoms with Crippen LogP contribution in [0.5, 0.6) is 0 Å². The van der Waals surface area contributed by atoms with E-state index >= 15 is 0 Å². The molecule has 0 saturated heterocycles. The molecular formula is C17H31FN4O5. The van der Waals surface area contributed by atoms with Crippen LogP contribution in [0.3, 0.4) is 0 Å². The van der Waals surface area contributed by atoms with Crippen molar-refractivity contribution in [1.82, 2.24) is 21.0 Å². The molecule has 0 radical (unpaired) electrons. The van der Waals surface area contributed by atoms with Crippen molar-refractivity contribution in [3.05, 3.63) is 0 Å². The summed E-state index contributed by atoms with van der Waals surface area (Å²) in [5, 5.41) is 17.4. The molecule has 27 heavy (non-hydrogen) atoms. The predicted octanol–water partition coefficient (Wildman–Crippen LogP) is 0.271. The Morgan fingerprint density at radius 2 is 1.52 bits per heavy atom. The van der Waals surface area contributed by atoms with Gasteiger partial charge in [0.25, 0.3) is 0 Å². The fourth-order valence-corrected chi connectivity index (χ4v) is 2.08. The molecule has 9 nitrogen and oxygen atoms in total. The second-order valence-corrected chi connectivity index (χ2v) is 6.23. The molecule has 0 aromatic rings. The number of amides is 4. The average molecular weight is 390 g/mol. The summed E-state index contributed by atoms with van der Waals surface area (Å²) in [6.45, 7) is 3.35. The van der Waals surface area contributed by atoms with Crippen LogP contribution in [0.1, 0.15) is 52.4 Å². The van der Waals surface area contributed by atoms with Gasteiger partial charge in [-0.1, -0.05) is 0 Å². The molecule has 156 valence electrons. The van der Waals surface area contributed by atoms with Crippen LogP contribution >= 0.6 is 0 Å². The van der Waals surface area contributed by atoms with Crippen LogP contribution in [-0.4, -0.2) is 66.2 Å². The summed E-state index contributed by atoms with van der Waals surface area (Å²) in [4.78, 5) is 44.6. The van der Waals surface area contributed by atoms with Crippen LogP contribution in [0.25, 0.3) is 0 Å². The van der Waals surface area contributed by atoms with E-state index in [-0.39, 0.29) is 56.6 Å². The first-order chi connectivity index (χ1) is 12.7. The van der Waals surface area contributed by atoms with Gasteiger partial charge in [0.1, 0.15) is 6.17 Å². The van der Waals surface area contributed by atoms with E-state index in [0.29, 0.717) is 24.4 Å². The Morgan fingerprint density at radius 1 is 0.926 bits per heavy atom. The normalized spacial score (nSPS) is 11.4. The maximum Gasteiger partial charge on any atom is 0.242 e. The molecule has 1 unspecified atom stereocenters. The number of carbonyl (C=O) groups is 4. The molecule has 0 rings (SSSR count). The maximum atomic E-state index is 13.4. The number of nitrogens with zero attached hydrogens (tertiary/aromatic N) is 1. The molecule has 1 atom stereocenters. The molecular weight excluding hydrogens is 359 g/mol. The smallest absolute Gasteiger partial charge is 0.242 e. The van der Waals surface area contributed by atoms with Gasteiger partial charge >= 0.3 is 0 Å². The molecule has 0 aliphatic rings. The third kappa shape index (κ3) is 15.7. The summed E-state index contributed by atoms with van der Waals surface area (Å²) < 4.78 is 13.4. The Bertz CT molecular complexity index is 490. The topological polar surface area (TPSA) is 128 Å². The lowest BCUT2D eigenvalue weighted by Gasteiger charge is -2.12. The minimum atomic E-state index is -1.23. The van der Waals surface area contributed by atoms with E-state index in [1.54, 1.807) is 0 Å². The van der Waals surface area contributed by atoms with E-state index < -0.39 is 12.1 Å². The number of carbonyl (C=O) groups excluding carboxylic acids is 4. The lowest BCUT2D eigenvalue weighted by atomic mass is 10.2. The SMILES string of the molecule is CC(=O)NCC(F)CCNC(=O)CCC(=O)NCCCCCN(O)C(C)=O. The van der Waals surface area contributed by atoms with Crippen LogP contribution in [0.2, 0.25) is 0 Å². The Balaban J connectivity index is 3.59. The first-order valence-electron chi connectivity index (χ1n) is 9.11. The number of alkyl halides is 1.